The molecule has 1 N–H and O–H groups in total. The van der Waals surface area contributed by atoms with Crippen LogP contribution in [0.25, 0.3) is 10.9 Å². The number of rotatable bonds is 2. The number of aromatic nitrogens is 1. The Kier molecular flexibility index (Phi) is 2.90. The number of hydrogen-bond donors (Lipinski definition) is 1. The molecule has 2 nitrogen and oxygen atoms in total. The summed E-state index contributed by atoms with van der Waals surface area (Å²) in [6.45, 7) is 5.74. The molecular weight excluding hydrogens is 220 g/mol. The van der Waals surface area contributed by atoms with E-state index < -0.39 is 0 Å². The summed E-state index contributed by atoms with van der Waals surface area (Å²) in [6, 6.07) is 9.41. The molecule has 0 saturated carbocycles. The maximum absolute atomic E-state index is 3.67. The van der Waals surface area contributed by atoms with E-state index in [2.05, 4.69) is 61.2 Å². The second-order valence-corrected chi connectivity index (χ2v) is 5.90. The van der Waals surface area contributed by atoms with Crippen molar-refractivity contribution in [3.05, 3.63) is 36.0 Å². The van der Waals surface area contributed by atoms with Gasteiger partial charge in [0.1, 0.15) is 0 Å². The van der Waals surface area contributed by atoms with Gasteiger partial charge in [0.25, 0.3) is 0 Å². The first-order valence-electron chi connectivity index (χ1n) is 6.94. The Bertz CT molecular complexity index is 553. The molecule has 2 unspecified atom stereocenters. The Balaban J connectivity index is 1.96. The lowest BCUT2D eigenvalue weighted by molar-refractivity contribution is 0.449. The zero-order valence-electron chi connectivity index (χ0n) is 11.5. The molecule has 1 aliphatic heterocycles. The van der Waals surface area contributed by atoms with Crippen molar-refractivity contribution in [1.82, 2.24) is 9.88 Å². The number of nitrogens with one attached hydrogen (secondary N) is 1. The van der Waals surface area contributed by atoms with Gasteiger partial charge in [0.2, 0.25) is 0 Å². The number of nitrogens with zero attached hydrogens (tertiary/aromatic N) is 1. The summed E-state index contributed by atoms with van der Waals surface area (Å²) in [4.78, 5) is 0. The summed E-state index contributed by atoms with van der Waals surface area (Å²) in [5.74, 6) is 1.40. The second kappa shape index (κ2) is 4.43. The highest BCUT2D eigenvalue weighted by atomic mass is 15.0. The van der Waals surface area contributed by atoms with Crippen molar-refractivity contribution in [3.63, 3.8) is 0 Å². The molecule has 2 heteroatoms. The summed E-state index contributed by atoms with van der Waals surface area (Å²) < 4.78 is 2.26. The van der Waals surface area contributed by atoms with Gasteiger partial charge in [0.05, 0.1) is 0 Å². The standard InChI is InChI=1S/C16H22N2/c1-11(2)15-8-12(9-17-15)14-10-18(3)16-7-5-4-6-13(14)16/h4-7,10-12,15,17H,8-9H2,1-3H3. The lowest BCUT2D eigenvalue weighted by atomic mass is 9.92. The molecule has 0 amide bonds. The van der Waals surface area contributed by atoms with Crippen LogP contribution in [0.4, 0.5) is 0 Å². The molecule has 1 fully saturated rings. The largest absolute Gasteiger partial charge is 0.350 e. The Hall–Kier alpha value is -1.28. The van der Waals surface area contributed by atoms with Crippen LogP contribution in [-0.2, 0) is 7.05 Å². The molecule has 0 radical (unpaired) electrons. The van der Waals surface area contributed by atoms with Crippen LogP contribution in [-0.4, -0.2) is 17.2 Å². The predicted octanol–water partition coefficient (Wildman–Crippen LogP) is 3.28. The highest BCUT2D eigenvalue weighted by Crippen LogP contribution is 2.34. The minimum Gasteiger partial charge on any atom is -0.350 e. The van der Waals surface area contributed by atoms with Gasteiger partial charge in [-0.05, 0) is 29.9 Å². The SMILES string of the molecule is CC(C)C1CC(c2cn(C)c3ccccc23)CN1. The van der Waals surface area contributed by atoms with Gasteiger partial charge < -0.3 is 9.88 Å². The van der Waals surface area contributed by atoms with E-state index in [0.717, 1.165) is 12.5 Å². The molecule has 1 aromatic heterocycles. The smallest absolute Gasteiger partial charge is 0.0480 e. The fourth-order valence-electron chi connectivity index (χ4n) is 3.21. The van der Waals surface area contributed by atoms with Crippen molar-refractivity contribution in [2.45, 2.75) is 32.2 Å². The molecule has 1 aliphatic rings. The minimum atomic E-state index is 0.670. The van der Waals surface area contributed by atoms with Crippen molar-refractivity contribution in [1.29, 1.82) is 0 Å². The molecule has 1 aromatic carbocycles. The van der Waals surface area contributed by atoms with Crippen molar-refractivity contribution < 1.29 is 0 Å². The second-order valence-electron chi connectivity index (χ2n) is 5.90. The van der Waals surface area contributed by atoms with Gasteiger partial charge in [0.15, 0.2) is 0 Å². The van der Waals surface area contributed by atoms with Gasteiger partial charge >= 0.3 is 0 Å². The average molecular weight is 242 g/mol. The highest BCUT2D eigenvalue weighted by Gasteiger charge is 2.28. The molecule has 0 bridgehead atoms. The number of aryl methyl sites for hydroxylation is 1. The maximum Gasteiger partial charge on any atom is 0.0480 e. The van der Waals surface area contributed by atoms with Gasteiger partial charge in [-0.3, -0.25) is 0 Å². The number of hydrogen-bond acceptors (Lipinski definition) is 1. The molecule has 1 saturated heterocycles. The molecular formula is C16H22N2. The molecule has 0 spiro atoms. The Morgan fingerprint density at radius 2 is 2.06 bits per heavy atom. The molecule has 2 heterocycles. The Labute approximate surface area is 109 Å². The van der Waals surface area contributed by atoms with E-state index in [-0.39, 0.29) is 0 Å². The van der Waals surface area contributed by atoms with E-state index in [1.54, 1.807) is 0 Å². The van der Waals surface area contributed by atoms with E-state index in [4.69, 9.17) is 0 Å². The van der Waals surface area contributed by atoms with Crippen molar-refractivity contribution >= 4 is 10.9 Å². The van der Waals surface area contributed by atoms with Gasteiger partial charge in [-0.2, -0.15) is 0 Å². The van der Waals surface area contributed by atoms with E-state index >= 15 is 0 Å². The van der Waals surface area contributed by atoms with E-state index in [9.17, 15) is 0 Å². The fourth-order valence-corrected chi connectivity index (χ4v) is 3.21. The first-order valence-corrected chi connectivity index (χ1v) is 6.94. The molecule has 3 rings (SSSR count). The maximum atomic E-state index is 3.67. The molecule has 96 valence electrons. The monoisotopic (exact) mass is 242 g/mol. The fraction of sp³-hybridized carbons (Fsp3) is 0.500. The quantitative estimate of drug-likeness (QED) is 0.855. The Morgan fingerprint density at radius 1 is 1.28 bits per heavy atom. The first-order chi connectivity index (χ1) is 8.66. The minimum absolute atomic E-state index is 0.670. The lowest BCUT2D eigenvalue weighted by Gasteiger charge is -2.14. The van der Waals surface area contributed by atoms with Crippen LogP contribution in [0.5, 0.6) is 0 Å². The van der Waals surface area contributed by atoms with Crippen LogP contribution in [0.2, 0.25) is 0 Å². The van der Waals surface area contributed by atoms with Crippen LogP contribution >= 0.6 is 0 Å². The summed E-state index contributed by atoms with van der Waals surface area (Å²) in [5.41, 5.74) is 2.87. The van der Waals surface area contributed by atoms with Crippen LogP contribution in [0.1, 0.15) is 31.7 Å². The topological polar surface area (TPSA) is 17.0 Å². The Morgan fingerprint density at radius 3 is 2.78 bits per heavy atom. The number of fused-ring (bicyclic) bond motifs is 1. The summed E-state index contributed by atoms with van der Waals surface area (Å²) >= 11 is 0. The third kappa shape index (κ3) is 1.85. The number of benzene rings is 1. The van der Waals surface area contributed by atoms with Crippen molar-refractivity contribution in [2.24, 2.45) is 13.0 Å². The highest BCUT2D eigenvalue weighted by molar-refractivity contribution is 5.84. The van der Waals surface area contributed by atoms with Crippen LogP contribution in [0.15, 0.2) is 30.5 Å². The lowest BCUT2D eigenvalue weighted by Crippen LogP contribution is -2.26. The third-order valence-electron chi connectivity index (χ3n) is 4.34. The van der Waals surface area contributed by atoms with E-state index in [0.29, 0.717) is 12.0 Å². The van der Waals surface area contributed by atoms with Crippen LogP contribution in [0.3, 0.4) is 0 Å². The van der Waals surface area contributed by atoms with Crippen molar-refractivity contribution in [3.8, 4) is 0 Å². The first kappa shape index (κ1) is 11.8. The third-order valence-corrected chi connectivity index (χ3v) is 4.34. The summed E-state index contributed by atoms with van der Waals surface area (Å²) in [6.07, 6.45) is 3.59. The zero-order valence-corrected chi connectivity index (χ0v) is 11.5. The van der Waals surface area contributed by atoms with Gasteiger partial charge in [-0.1, -0.05) is 32.0 Å². The summed E-state index contributed by atoms with van der Waals surface area (Å²) in [5, 5.41) is 5.10. The van der Waals surface area contributed by atoms with E-state index in [1.165, 1.54) is 22.9 Å². The normalized spacial score (nSPS) is 24.2. The van der Waals surface area contributed by atoms with Gasteiger partial charge in [-0.15, -0.1) is 0 Å². The molecule has 2 aromatic rings. The molecule has 2 atom stereocenters. The van der Waals surface area contributed by atoms with Crippen LogP contribution < -0.4 is 5.32 Å². The molecule has 18 heavy (non-hydrogen) atoms. The van der Waals surface area contributed by atoms with Gasteiger partial charge in [-0.25, -0.2) is 0 Å². The average Bonchev–Trinajstić information content (AvgIpc) is 2.95. The van der Waals surface area contributed by atoms with Gasteiger partial charge in [0, 0.05) is 36.7 Å². The zero-order chi connectivity index (χ0) is 12.7. The van der Waals surface area contributed by atoms with Crippen molar-refractivity contribution in [2.75, 3.05) is 6.54 Å². The molecule has 0 aliphatic carbocycles. The number of para-hydroxylation sites is 1. The van der Waals surface area contributed by atoms with E-state index in [1.807, 2.05) is 0 Å². The summed E-state index contributed by atoms with van der Waals surface area (Å²) in [7, 11) is 2.15. The predicted molar refractivity (Wildman–Crippen MR) is 76.9 cm³/mol. The van der Waals surface area contributed by atoms with Crippen LogP contribution in [0, 0.1) is 5.92 Å².